The predicted molar refractivity (Wildman–Crippen MR) is 68.9 cm³/mol. The lowest BCUT2D eigenvalue weighted by atomic mass is 10.1. The van der Waals surface area contributed by atoms with E-state index in [-0.39, 0.29) is 11.4 Å². The maximum absolute atomic E-state index is 10.9. The van der Waals surface area contributed by atoms with Gasteiger partial charge in [-0.15, -0.1) is 0 Å². The largest absolute Gasteiger partial charge is 0.496 e. The summed E-state index contributed by atoms with van der Waals surface area (Å²) in [5.74, 6) is -0.0945. The number of carboxylic acids is 1. The molecule has 2 rings (SSSR count). The van der Waals surface area contributed by atoms with Crippen LogP contribution in [0, 0.1) is 6.92 Å². The first-order chi connectivity index (χ1) is 8.52. The predicted octanol–water partition coefficient (Wildman–Crippen LogP) is 2.28. The van der Waals surface area contributed by atoms with Gasteiger partial charge in [0.25, 0.3) is 0 Å². The van der Waals surface area contributed by atoms with Crippen molar-refractivity contribution >= 4 is 11.8 Å². The highest BCUT2D eigenvalue weighted by molar-refractivity contribution is 5.94. The van der Waals surface area contributed by atoms with E-state index in [0.29, 0.717) is 5.69 Å². The minimum atomic E-state index is -1.04. The number of hydrogen-bond acceptors (Lipinski definition) is 3. The molecule has 94 valence electrons. The Balaban J connectivity index is 2.46. The maximum Gasteiger partial charge on any atom is 0.339 e. The van der Waals surface area contributed by atoms with E-state index in [2.05, 4.69) is 4.98 Å². The number of aromatic carboxylic acids is 1. The van der Waals surface area contributed by atoms with E-state index in [9.17, 15) is 4.79 Å². The zero-order chi connectivity index (χ0) is 13.3. The van der Waals surface area contributed by atoms with Crippen molar-refractivity contribution in [1.29, 1.82) is 0 Å². The Labute approximate surface area is 104 Å². The minimum absolute atomic E-state index is 0.0819. The zero-order valence-corrected chi connectivity index (χ0v) is 10.2. The lowest BCUT2D eigenvalue weighted by molar-refractivity contribution is 0.0698. The second kappa shape index (κ2) is 4.44. The molecule has 1 heterocycles. The van der Waals surface area contributed by atoms with Crippen LogP contribution in [0.15, 0.2) is 24.3 Å². The molecule has 0 saturated heterocycles. The van der Waals surface area contributed by atoms with Gasteiger partial charge in [-0.25, -0.2) is 4.79 Å². The molecule has 5 heteroatoms. The summed E-state index contributed by atoms with van der Waals surface area (Å²) in [6.45, 7) is 1.92. The number of anilines is 1. The number of nitrogen functional groups attached to an aromatic ring is 1. The van der Waals surface area contributed by atoms with E-state index in [1.807, 2.05) is 25.1 Å². The number of nitrogens with two attached hydrogens (primary N) is 1. The minimum Gasteiger partial charge on any atom is -0.496 e. The quantitative estimate of drug-likeness (QED) is 0.775. The number of aryl methyl sites for hydroxylation is 1. The van der Waals surface area contributed by atoms with Gasteiger partial charge in [0.2, 0.25) is 0 Å². The van der Waals surface area contributed by atoms with Gasteiger partial charge < -0.3 is 20.6 Å². The van der Waals surface area contributed by atoms with Gasteiger partial charge >= 0.3 is 5.97 Å². The van der Waals surface area contributed by atoms with Gasteiger partial charge in [0.05, 0.1) is 7.11 Å². The van der Waals surface area contributed by atoms with Crippen molar-refractivity contribution in [2.75, 3.05) is 12.8 Å². The van der Waals surface area contributed by atoms with Crippen LogP contribution >= 0.6 is 0 Å². The summed E-state index contributed by atoms with van der Waals surface area (Å²) in [5.41, 5.74) is 8.21. The van der Waals surface area contributed by atoms with Gasteiger partial charge in [0.15, 0.2) is 0 Å². The summed E-state index contributed by atoms with van der Waals surface area (Å²) >= 11 is 0. The third-order valence-electron chi connectivity index (χ3n) is 2.78. The van der Waals surface area contributed by atoms with Crippen molar-refractivity contribution in [3.63, 3.8) is 0 Å². The molecule has 0 saturated carbocycles. The van der Waals surface area contributed by atoms with Gasteiger partial charge in [-0.3, -0.25) is 0 Å². The molecule has 0 aliphatic rings. The number of ether oxygens (including phenoxy) is 1. The van der Waals surface area contributed by atoms with E-state index in [4.69, 9.17) is 15.6 Å². The molecule has 0 spiro atoms. The molecular formula is C13H14N2O3. The van der Waals surface area contributed by atoms with E-state index in [0.717, 1.165) is 16.9 Å². The summed E-state index contributed by atoms with van der Waals surface area (Å²) in [6, 6.07) is 7.12. The first-order valence-electron chi connectivity index (χ1n) is 5.39. The van der Waals surface area contributed by atoms with Crippen LogP contribution in [0.2, 0.25) is 0 Å². The van der Waals surface area contributed by atoms with Crippen molar-refractivity contribution in [3.05, 3.63) is 35.4 Å². The van der Waals surface area contributed by atoms with Gasteiger partial charge in [0.1, 0.15) is 17.1 Å². The van der Waals surface area contributed by atoms with E-state index >= 15 is 0 Å². The zero-order valence-electron chi connectivity index (χ0n) is 10.2. The SMILES string of the molecule is COc1ccc(-c2cc(C(=O)O)c(N)[nH]2)cc1C. The fourth-order valence-electron chi connectivity index (χ4n) is 1.85. The van der Waals surface area contributed by atoms with Crippen LogP contribution in [-0.2, 0) is 0 Å². The number of carbonyl (C=O) groups is 1. The third kappa shape index (κ3) is 2.02. The number of aromatic amines is 1. The number of carboxylic acid groups (broad SMARTS) is 1. The summed E-state index contributed by atoms with van der Waals surface area (Å²) in [6.07, 6.45) is 0. The number of aromatic nitrogens is 1. The monoisotopic (exact) mass is 246 g/mol. The van der Waals surface area contributed by atoms with Crippen molar-refractivity contribution in [1.82, 2.24) is 4.98 Å². The molecule has 0 unspecified atom stereocenters. The maximum atomic E-state index is 10.9. The molecule has 1 aromatic heterocycles. The van der Waals surface area contributed by atoms with Crippen LogP contribution in [0.5, 0.6) is 5.75 Å². The molecule has 5 nitrogen and oxygen atoms in total. The van der Waals surface area contributed by atoms with E-state index in [1.54, 1.807) is 7.11 Å². The summed E-state index contributed by atoms with van der Waals surface area (Å²) < 4.78 is 5.17. The van der Waals surface area contributed by atoms with Crippen LogP contribution in [0.25, 0.3) is 11.3 Å². The number of H-pyrrole nitrogens is 1. The Kier molecular flexibility index (Phi) is 2.97. The Hall–Kier alpha value is -2.43. The topological polar surface area (TPSA) is 88.3 Å². The van der Waals surface area contributed by atoms with E-state index < -0.39 is 5.97 Å². The fraction of sp³-hybridized carbons (Fsp3) is 0.154. The molecular weight excluding hydrogens is 232 g/mol. The van der Waals surface area contributed by atoms with Crippen LogP contribution in [0.1, 0.15) is 15.9 Å². The van der Waals surface area contributed by atoms with Crippen molar-refractivity contribution in [2.24, 2.45) is 0 Å². The normalized spacial score (nSPS) is 10.3. The molecule has 0 bridgehead atoms. The second-order valence-corrected chi connectivity index (χ2v) is 4.00. The Bertz CT molecular complexity index is 602. The van der Waals surface area contributed by atoms with Crippen molar-refractivity contribution in [2.45, 2.75) is 6.92 Å². The van der Waals surface area contributed by atoms with Crippen LogP contribution in [0.4, 0.5) is 5.82 Å². The van der Waals surface area contributed by atoms with Gasteiger partial charge in [-0.05, 0) is 42.3 Å². The smallest absolute Gasteiger partial charge is 0.339 e. The average molecular weight is 246 g/mol. The third-order valence-corrected chi connectivity index (χ3v) is 2.78. The second-order valence-electron chi connectivity index (χ2n) is 4.00. The van der Waals surface area contributed by atoms with Crippen molar-refractivity contribution in [3.8, 4) is 17.0 Å². The molecule has 2 aromatic rings. The highest BCUT2D eigenvalue weighted by Crippen LogP contribution is 2.27. The Morgan fingerprint density at radius 2 is 2.11 bits per heavy atom. The molecule has 18 heavy (non-hydrogen) atoms. The van der Waals surface area contributed by atoms with E-state index in [1.165, 1.54) is 6.07 Å². The fourth-order valence-corrected chi connectivity index (χ4v) is 1.85. The molecule has 4 N–H and O–H groups in total. The number of benzene rings is 1. The highest BCUT2D eigenvalue weighted by atomic mass is 16.5. The molecule has 0 radical (unpaired) electrons. The van der Waals surface area contributed by atoms with Crippen LogP contribution in [0.3, 0.4) is 0 Å². The first kappa shape index (κ1) is 12.0. The average Bonchev–Trinajstić information content (AvgIpc) is 2.71. The van der Waals surface area contributed by atoms with Crippen LogP contribution in [-0.4, -0.2) is 23.2 Å². The number of nitrogens with one attached hydrogen (secondary N) is 1. The number of methoxy groups -OCH3 is 1. The highest BCUT2D eigenvalue weighted by Gasteiger charge is 2.13. The van der Waals surface area contributed by atoms with Crippen LogP contribution < -0.4 is 10.5 Å². The standard InChI is InChI=1S/C13H14N2O3/c1-7-5-8(3-4-11(7)18-2)10-6-9(13(16)17)12(14)15-10/h3-6,15H,14H2,1-2H3,(H,16,17). The molecule has 0 atom stereocenters. The van der Waals surface area contributed by atoms with Gasteiger partial charge in [0, 0.05) is 5.69 Å². The molecule has 0 fully saturated rings. The molecule has 1 aromatic carbocycles. The molecule has 0 aliphatic heterocycles. The first-order valence-corrected chi connectivity index (χ1v) is 5.39. The Morgan fingerprint density at radius 3 is 2.61 bits per heavy atom. The summed E-state index contributed by atoms with van der Waals surface area (Å²) in [5, 5.41) is 8.94. The number of hydrogen-bond donors (Lipinski definition) is 3. The number of rotatable bonds is 3. The lowest BCUT2D eigenvalue weighted by Gasteiger charge is -2.06. The summed E-state index contributed by atoms with van der Waals surface area (Å²) in [7, 11) is 1.61. The Morgan fingerprint density at radius 1 is 1.39 bits per heavy atom. The van der Waals surface area contributed by atoms with Crippen molar-refractivity contribution < 1.29 is 14.6 Å². The van der Waals surface area contributed by atoms with Gasteiger partial charge in [-0.2, -0.15) is 0 Å². The summed E-state index contributed by atoms with van der Waals surface area (Å²) in [4.78, 5) is 13.8. The van der Waals surface area contributed by atoms with Gasteiger partial charge in [-0.1, -0.05) is 0 Å². The lowest BCUT2D eigenvalue weighted by Crippen LogP contribution is -1.98. The molecule has 0 amide bonds. The molecule has 0 aliphatic carbocycles.